The maximum absolute atomic E-state index is 12.3. The third-order valence-corrected chi connectivity index (χ3v) is 4.33. The molecule has 128 valence electrons. The number of rotatable bonds is 3. The summed E-state index contributed by atoms with van der Waals surface area (Å²) in [5, 5.41) is 1.10. The van der Waals surface area contributed by atoms with Crippen molar-refractivity contribution >= 4 is 16.9 Å². The molecule has 0 aliphatic rings. The van der Waals surface area contributed by atoms with Crippen LogP contribution >= 0.6 is 0 Å². The van der Waals surface area contributed by atoms with E-state index in [4.69, 9.17) is 9.72 Å². The normalized spacial score (nSPS) is 10.8. The van der Waals surface area contributed by atoms with E-state index in [2.05, 4.69) is 4.98 Å². The summed E-state index contributed by atoms with van der Waals surface area (Å²) in [5.41, 5.74) is 3.39. The van der Waals surface area contributed by atoms with Crippen molar-refractivity contribution in [2.24, 2.45) is 0 Å². The Balaban J connectivity index is 1.98. The van der Waals surface area contributed by atoms with Gasteiger partial charge in [0.15, 0.2) is 0 Å². The standard InChI is InChI=1S/C21H17N3O2/c1-14-18(20(25)26-2)19(16-9-4-3-5-10-16)23-21(22-14)24-13-12-15-8-6-7-11-17(15)24/h3-13H,1-2H3. The van der Waals surface area contributed by atoms with Gasteiger partial charge in [-0.05, 0) is 19.1 Å². The largest absolute Gasteiger partial charge is 0.465 e. The zero-order valence-electron chi connectivity index (χ0n) is 14.5. The van der Waals surface area contributed by atoms with Gasteiger partial charge < -0.3 is 4.74 Å². The molecule has 0 saturated heterocycles. The van der Waals surface area contributed by atoms with Crippen molar-refractivity contribution in [3.8, 4) is 17.2 Å². The predicted octanol–water partition coefficient (Wildman–Crippen LogP) is 4.18. The molecule has 0 aliphatic heterocycles. The van der Waals surface area contributed by atoms with E-state index in [1.54, 1.807) is 6.92 Å². The monoisotopic (exact) mass is 343 g/mol. The molecule has 4 rings (SSSR count). The van der Waals surface area contributed by atoms with E-state index < -0.39 is 5.97 Å². The van der Waals surface area contributed by atoms with Crippen LogP contribution in [0.15, 0.2) is 66.9 Å². The molecule has 2 heterocycles. The van der Waals surface area contributed by atoms with Gasteiger partial charge in [0.05, 0.1) is 24.0 Å². The molecule has 5 heteroatoms. The summed E-state index contributed by atoms with van der Waals surface area (Å²) in [5.74, 6) is 0.0838. The lowest BCUT2D eigenvalue weighted by atomic mass is 10.0. The number of aromatic nitrogens is 3. The van der Waals surface area contributed by atoms with Crippen LogP contribution in [0.3, 0.4) is 0 Å². The summed E-state index contributed by atoms with van der Waals surface area (Å²) in [6, 6.07) is 19.7. The maximum Gasteiger partial charge on any atom is 0.341 e. The van der Waals surface area contributed by atoms with Crippen LogP contribution in [0.2, 0.25) is 0 Å². The van der Waals surface area contributed by atoms with Crippen molar-refractivity contribution in [2.45, 2.75) is 6.92 Å². The minimum absolute atomic E-state index is 0.388. The second-order valence-corrected chi connectivity index (χ2v) is 5.93. The van der Waals surface area contributed by atoms with Crippen molar-refractivity contribution < 1.29 is 9.53 Å². The van der Waals surface area contributed by atoms with Crippen molar-refractivity contribution in [1.82, 2.24) is 14.5 Å². The highest BCUT2D eigenvalue weighted by molar-refractivity contribution is 5.97. The Bertz CT molecular complexity index is 1100. The molecule has 0 fully saturated rings. The van der Waals surface area contributed by atoms with Crippen LogP contribution in [-0.2, 0) is 4.74 Å². The van der Waals surface area contributed by atoms with Crippen molar-refractivity contribution in [2.75, 3.05) is 7.11 Å². The Hall–Kier alpha value is -3.47. The number of carbonyl (C=O) groups is 1. The number of ether oxygens (including phenoxy) is 1. The fourth-order valence-corrected chi connectivity index (χ4v) is 3.07. The number of nitrogens with zero attached hydrogens (tertiary/aromatic N) is 3. The second kappa shape index (κ2) is 6.44. The average molecular weight is 343 g/mol. The average Bonchev–Trinajstić information content (AvgIpc) is 3.11. The molecular formula is C21H17N3O2. The first-order valence-electron chi connectivity index (χ1n) is 8.28. The highest BCUT2D eigenvalue weighted by atomic mass is 16.5. The van der Waals surface area contributed by atoms with E-state index >= 15 is 0 Å². The third-order valence-electron chi connectivity index (χ3n) is 4.33. The first-order valence-corrected chi connectivity index (χ1v) is 8.28. The van der Waals surface area contributed by atoms with E-state index in [1.165, 1.54) is 7.11 Å². The van der Waals surface area contributed by atoms with Gasteiger partial charge in [0, 0.05) is 17.1 Å². The molecule has 2 aromatic heterocycles. The molecule has 26 heavy (non-hydrogen) atoms. The lowest BCUT2D eigenvalue weighted by Crippen LogP contribution is -2.12. The van der Waals surface area contributed by atoms with E-state index in [9.17, 15) is 4.79 Å². The number of hydrogen-bond acceptors (Lipinski definition) is 4. The first kappa shape index (κ1) is 16.0. The lowest BCUT2D eigenvalue weighted by molar-refractivity contribution is 0.0600. The molecule has 0 spiro atoms. The summed E-state index contributed by atoms with van der Waals surface area (Å²) in [6.45, 7) is 1.80. The third kappa shape index (κ3) is 2.63. The number of carbonyl (C=O) groups excluding carboxylic acids is 1. The van der Waals surface area contributed by atoms with Crippen LogP contribution in [0.1, 0.15) is 16.1 Å². The number of fused-ring (bicyclic) bond motifs is 1. The highest BCUT2D eigenvalue weighted by Crippen LogP contribution is 2.26. The van der Waals surface area contributed by atoms with E-state index in [-0.39, 0.29) is 0 Å². The Kier molecular flexibility index (Phi) is 3.97. The molecule has 0 aliphatic carbocycles. The summed E-state index contributed by atoms with van der Waals surface area (Å²) in [6.07, 6.45) is 1.94. The Labute approximate surface area is 150 Å². The van der Waals surface area contributed by atoms with E-state index in [1.807, 2.05) is 71.4 Å². The Morgan fingerprint density at radius 3 is 2.46 bits per heavy atom. The molecule has 0 radical (unpaired) electrons. The molecule has 2 aromatic carbocycles. The van der Waals surface area contributed by atoms with E-state index in [0.29, 0.717) is 22.9 Å². The molecule has 0 unspecified atom stereocenters. The molecule has 0 saturated carbocycles. The van der Waals surface area contributed by atoms with Crippen LogP contribution in [0.25, 0.3) is 28.1 Å². The number of para-hydroxylation sites is 1. The van der Waals surface area contributed by atoms with Gasteiger partial charge in [0.25, 0.3) is 0 Å². The number of methoxy groups -OCH3 is 1. The quantitative estimate of drug-likeness (QED) is 0.524. The minimum Gasteiger partial charge on any atom is -0.465 e. The van der Waals surface area contributed by atoms with Crippen molar-refractivity contribution in [3.05, 3.63) is 78.1 Å². The van der Waals surface area contributed by atoms with Crippen LogP contribution in [-0.4, -0.2) is 27.6 Å². The maximum atomic E-state index is 12.3. The predicted molar refractivity (Wildman–Crippen MR) is 100 cm³/mol. The molecule has 4 aromatic rings. The first-order chi connectivity index (χ1) is 12.7. The summed E-state index contributed by atoms with van der Waals surface area (Å²) < 4.78 is 6.88. The van der Waals surface area contributed by atoms with Crippen molar-refractivity contribution in [3.63, 3.8) is 0 Å². The summed E-state index contributed by atoms with van der Waals surface area (Å²) in [7, 11) is 1.36. The SMILES string of the molecule is COC(=O)c1c(C)nc(-n2ccc3ccccc32)nc1-c1ccccc1. The van der Waals surface area contributed by atoms with Gasteiger partial charge in [0.1, 0.15) is 5.56 Å². The highest BCUT2D eigenvalue weighted by Gasteiger charge is 2.21. The zero-order chi connectivity index (χ0) is 18.1. The van der Waals surface area contributed by atoms with Gasteiger partial charge in [0.2, 0.25) is 5.95 Å². The number of aryl methyl sites for hydroxylation is 1. The van der Waals surface area contributed by atoms with E-state index in [0.717, 1.165) is 16.5 Å². The summed E-state index contributed by atoms with van der Waals surface area (Å²) >= 11 is 0. The Morgan fingerprint density at radius 2 is 1.69 bits per heavy atom. The number of benzene rings is 2. The molecule has 0 N–H and O–H groups in total. The fourth-order valence-electron chi connectivity index (χ4n) is 3.07. The zero-order valence-corrected chi connectivity index (χ0v) is 14.5. The van der Waals surface area contributed by atoms with Gasteiger partial charge in [-0.15, -0.1) is 0 Å². The van der Waals surface area contributed by atoms with Crippen LogP contribution in [0.5, 0.6) is 0 Å². The van der Waals surface area contributed by atoms with Gasteiger partial charge in [-0.2, -0.15) is 0 Å². The minimum atomic E-state index is -0.440. The van der Waals surface area contributed by atoms with Gasteiger partial charge in [-0.25, -0.2) is 14.8 Å². The Morgan fingerprint density at radius 1 is 0.962 bits per heavy atom. The fraction of sp³-hybridized carbons (Fsp3) is 0.0952. The number of hydrogen-bond donors (Lipinski definition) is 0. The van der Waals surface area contributed by atoms with Crippen LogP contribution in [0, 0.1) is 6.92 Å². The second-order valence-electron chi connectivity index (χ2n) is 5.93. The van der Waals surface area contributed by atoms with Gasteiger partial charge in [-0.1, -0.05) is 48.5 Å². The van der Waals surface area contributed by atoms with Crippen LogP contribution in [0.4, 0.5) is 0 Å². The van der Waals surface area contributed by atoms with Gasteiger partial charge in [-0.3, -0.25) is 4.57 Å². The smallest absolute Gasteiger partial charge is 0.341 e. The molecule has 5 nitrogen and oxygen atoms in total. The molecule has 0 bridgehead atoms. The molecule has 0 atom stereocenters. The summed E-state index contributed by atoms with van der Waals surface area (Å²) in [4.78, 5) is 21.6. The molecule has 0 amide bonds. The van der Waals surface area contributed by atoms with Crippen molar-refractivity contribution in [1.29, 1.82) is 0 Å². The van der Waals surface area contributed by atoms with Gasteiger partial charge >= 0.3 is 5.97 Å². The van der Waals surface area contributed by atoms with Crippen LogP contribution < -0.4 is 0 Å². The molecular weight excluding hydrogens is 326 g/mol. The number of esters is 1. The lowest BCUT2D eigenvalue weighted by Gasteiger charge is -2.13. The topological polar surface area (TPSA) is 57.0 Å².